The molecule has 0 spiro atoms. The Morgan fingerprint density at radius 2 is 1.97 bits per heavy atom. The Kier molecular flexibility index (Phi) is 7.61. The number of hydrazone groups is 1. The summed E-state index contributed by atoms with van der Waals surface area (Å²) >= 11 is 3.36. The van der Waals surface area contributed by atoms with Crippen LogP contribution in [-0.2, 0) is 21.4 Å². The third-order valence-electron chi connectivity index (χ3n) is 4.20. The second-order valence-electron chi connectivity index (χ2n) is 6.34. The monoisotopic (exact) mass is 505 g/mol. The molecule has 0 aliphatic rings. The fourth-order valence-electron chi connectivity index (χ4n) is 2.72. The number of sulfonamides is 1. The second kappa shape index (κ2) is 10.4. The molecule has 8 nitrogen and oxygen atoms in total. The average molecular weight is 506 g/mol. The van der Waals surface area contributed by atoms with E-state index in [2.05, 4.69) is 26.5 Å². The number of hydrogen-bond donors (Lipinski definition) is 1. The number of methoxy groups -OCH3 is 1. The predicted molar refractivity (Wildman–Crippen MR) is 119 cm³/mol. The molecular weight excluding hydrogens is 486 g/mol. The molecule has 1 N–H and O–H groups in total. The Hall–Kier alpha value is -2.95. The molecular formula is C21H20BrN3O5S. The lowest BCUT2D eigenvalue weighted by Crippen LogP contribution is -2.39. The van der Waals surface area contributed by atoms with Crippen molar-refractivity contribution >= 4 is 38.1 Å². The molecule has 0 unspecified atom stereocenters. The minimum absolute atomic E-state index is 0.0803. The quantitative estimate of drug-likeness (QED) is 0.354. The molecule has 0 atom stereocenters. The first-order chi connectivity index (χ1) is 14.9. The molecule has 0 fully saturated rings. The van der Waals surface area contributed by atoms with Gasteiger partial charge in [-0.1, -0.05) is 34.1 Å². The van der Waals surface area contributed by atoms with Crippen LogP contribution in [0.2, 0.25) is 0 Å². The van der Waals surface area contributed by atoms with Gasteiger partial charge in [0.05, 0.1) is 37.6 Å². The van der Waals surface area contributed by atoms with Gasteiger partial charge in [-0.25, -0.2) is 13.8 Å². The number of nitrogens with zero attached hydrogens (tertiary/aromatic N) is 2. The van der Waals surface area contributed by atoms with Crippen LogP contribution in [0.4, 0.5) is 0 Å². The Bertz CT molecular complexity index is 1150. The predicted octanol–water partition coefficient (Wildman–Crippen LogP) is 3.39. The number of nitrogens with one attached hydrogen (secondary N) is 1. The van der Waals surface area contributed by atoms with Crippen molar-refractivity contribution in [3.05, 3.63) is 82.7 Å². The summed E-state index contributed by atoms with van der Waals surface area (Å²) in [7, 11) is -2.40. The third kappa shape index (κ3) is 6.03. The maximum absolute atomic E-state index is 13.1. The minimum atomic E-state index is -3.93. The van der Waals surface area contributed by atoms with Gasteiger partial charge in [-0.2, -0.15) is 9.41 Å². The molecule has 0 bridgehead atoms. The van der Waals surface area contributed by atoms with Gasteiger partial charge in [0.15, 0.2) is 0 Å². The number of carbonyl (C=O) groups excluding carboxylic acids is 1. The first kappa shape index (κ1) is 22.7. The van der Waals surface area contributed by atoms with E-state index in [0.29, 0.717) is 17.1 Å². The van der Waals surface area contributed by atoms with Crippen LogP contribution in [0.15, 0.2) is 85.8 Å². The molecule has 0 radical (unpaired) electrons. The fraction of sp³-hybridized carbons (Fsp3) is 0.143. The highest BCUT2D eigenvalue weighted by atomic mass is 79.9. The molecule has 0 aliphatic carbocycles. The van der Waals surface area contributed by atoms with E-state index < -0.39 is 22.5 Å². The summed E-state index contributed by atoms with van der Waals surface area (Å²) in [5, 5.41) is 3.93. The smallest absolute Gasteiger partial charge is 0.255 e. The van der Waals surface area contributed by atoms with Gasteiger partial charge in [0.2, 0.25) is 10.0 Å². The summed E-state index contributed by atoms with van der Waals surface area (Å²) in [6.07, 6.45) is 2.86. The van der Waals surface area contributed by atoms with Crippen molar-refractivity contribution in [3.8, 4) is 5.75 Å². The van der Waals surface area contributed by atoms with Gasteiger partial charge in [-0.3, -0.25) is 4.79 Å². The van der Waals surface area contributed by atoms with Crippen molar-refractivity contribution in [1.29, 1.82) is 0 Å². The number of hydrogen-bond acceptors (Lipinski definition) is 6. The molecule has 3 aromatic rings. The van der Waals surface area contributed by atoms with Crippen LogP contribution in [0.1, 0.15) is 11.3 Å². The largest absolute Gasteiger partial charge is 0.496 e. The van der Waals surface area contributed by atoms with Gasteiger partial charge in [-0.15, -0.1) is 0 Å². The Balaban J connectivity index is 1.75. The lowest BCUT2D eigenvalue weighted by atomic mass is 10.2. The zero-order valence-electron chi connectivity index (χ0n) is 16.6. The molecule has 162 valence electrons. The van der Waals surface area contributed by atoms with Gasteiger partial charge in [0.25, 0.3) is 5.91 Å². The summed E-state index contributed by atoms with van der Waals surface area (Å²) in [6, 6.07) is 16.5. The lowest BCUT2D eigenvalue weighted by molar-refractivity contribution is -0.121. The lowest BCUT2D eigenvalue weighted by Gasteiger charge is -2.20. The highest BCUT2D eigenvalue weighted by molar-refractivity contribution is 9.10. The highest BCUT2D eigenvalue weighted by Crippen LogP contribution is 2.21. The second-order valence-corrected chi connectivity index (χ2v) is 9.20. The van der Waals surface area contributed by atoms with Gasteiger partial charge in [-0.05, 0) is 42.5 Å². The van der Waals surface area contributed by atoms with E-state index in [9.17, 15) is 13.2 Å². The van der Waals surface area contributed by atoms with E-state index in [1.165, 1.54) is 31.7 Å². The zero-order chi connectivity index (χ0) is 22.3. The van der Waals surface area contributed by atoms with Crippen LogP contribution in [0.5, 0.6) is 5.75 Å². The van der Waals surface area contributed by atoms with Crippen molar-refractivity contribution in [2.45, 2.75) is 11.4 Å². The van der Waals surface area contributed by atoms with E-state index in [1.54, 1.807) is 42.5 Å². The molecule has 1 amide bonds. The summed E-state index contributed by atoms with van der Waals surface area (Å²) in [5.41, 5.74) is 3.00. The number of benzene rings is 2. The Morgan fingerprint density at radius 3 is 2.65 bits per heavy atom. The van der Waals surface area contributed by atoms with E-state index in [0.717, 1.165) is 8.78 Å². The van der Waals surface area contributed by atoms with Crippen molar-refractivity contribution < 1.29 is 22.4 Å². The van der Waals surface area contributed by atoms with E-state index in [-0.39, 0.29) is 11.4 Å². The average Bonchev–Trinajstić information content (AvgIpc) is 3.27. The zero-order valence-corrected chi connectivity index (χ0v) is 19.0. The van der Waals surface area contributed by atoms with Crippen LogP contribution in [0.25, 0.3) is 0 Å². The van der Waals surface area contributed by atoms with Gasteiger partial charge >= 0.3 is 0 Å². The van der Waals surface area contributed by atoms with Crippen molar-refractivity contribution in [2.75, 3.05) is 13.7 Å². The van der Waals surface area contributed by atoms with E-state index in [1.807, 2.05) is 6.07 Å². The van der Waals surface area contributed by atoms with Gasteiger partial charge < -0.3 is 9.15 Å². The van der Waals surface area contributed by atoms with Crippen molar-refractivity contribution in [3.63, 3.8) is 0 Å². The highest BCUT2D eigenvalue weighted by Gasteiger charge is 2.27. The van der Waals surface area contributed by atoms with Crippen LogP contribution in [0.3, 0.4) is 0 Å². The molecule has 0 saturated heterocycles. The normalized spacial score (nSPS) is 11.7. The summed E-state index contributed by atoms with van der Waals surface area (Å²) in [6.45, 7) is -0.536. The topological polar surface area (TPSA) is 101 Å². The molecule has 1 heterocycles. The summed E-state index contributed by atoms with van der Waals surface area (Å²) in [5.74, 6) is 0.387. The van der Waals surface area contributed by atoms with Crippen LogP contribution in [0, 0.1) is 0 Å². The first-order valence-corrected chi connectivity index (χ1v) is 11.4. The first-order valence-electron chi connectivity index (χ1n) is 9.13. The van der Waals surface area contributed by atoms with Gasteiger partial charge in [0, 0.05) is 10.0 Å². The molecule has 2 aromatic carbocycles. The SMILES string of the molecule is COc1ccc(Br)cc1/C=N\NC(=O)CN(Cc1ccco1)S(=O)(=O)c1ccccc1. The van der Waals surface area contributed by atoms with Crippen LogP contribution in [-0.4, -0.2) is 38.5 Å². The number of carbonyl (C=O) groups is 1. The Labute approximate surface area is 188 Å². The third-order valence-corrected chi connectivity index (χ3v) is 6.50. The maximum Gasteiger partial charge on any atom is 0.255 e. The molecule has 3 rings (SSSR count). The number of rotatable bonds is 9. The summed E-state index contributed by atoms with van der Waals surface area (Å²) in [4.78, 5) is 12.5. The van der Waals surface area contributed by atoms with Crippen LogP contribution < -0.4 is 10.2 Å². The van der Waals surface area contributed by atoms with Crippen molar-refractivity contribution in [1.82, 2.24) is 9.73 Å². The van der Waals surface area contributed by atoms with E-state index in [4.69, 9.17) is 9.15 Å². The molecule has 31 heavy (non-hydrogen) atoms. The molecule has 0 saturated carbocycles. The maximum atomic E-state index is 13.1. The fourth-order valence-corrected chi connectivity index (χ4v) is 4.48. The van der Waals surface area contributed by atoms with Crippen molar-refractivity contribution in [2.24, 2.45) is 5.10 Å². The van der Waals surface area contributed by atoms with E-state index >= 15 is 0 Å². The number of halogens is 1. The number of furan rings is 1. The molecule has 0 aliphatic heterocycles. The minimum Gasteiger partial charge on any atom is -0.496 e. The van der Waals surface area contributed by atoms with Gasteiger partial charge in [0.1, 0.15) is 11.5 Å². The number of amides is 1. The van der Waals surface area contributed by atoms with Crippen LogP contribution >= 0.6 is 15.9 Å². The summed E-state index contributed by atoms with van der Waals surface area (Å²) < 4.78 is 38.5. The molecule has 10 heteroatoms. The molecule has 1 aromatic heterocycles. The standard InChI is InChI=1S/C21H20BrN3O5S/c1-29-20-10-9-17(22)12-16(20)13-23-24-21(26)15-25(14-18-6-5-11-30-18)31(27,28)19-7-3-2-4-8-19/h2-13H,14-15H2,1H3,(H,24,26)/b23-13-. The Morgan fingerprint density at radius 1 is 1.19 bits per heavy atom. The number of ether oxygens (including phenoxy) is 1.